The summed E-state index contributed by atoms with van der Waals surface area (Å²) >= 11 is 0. The minimum absolute atomic E-state index is 0.00107. The van der Waals surface area contributed by atoms with Crippen LogP contribution in [-0.4, -0.2) is 18.0 Å². The summed E-state index contributed by atoms with van der Waals surface area (Å²) < 4.78 is 11.5. The molecule has 1 aliphatic heterocycles. The lowest BCUT2D eigenvalue weighted by atomic mass is 9.39. The fraction of sp³-hybridized carbons (Fsp3) is 0.692. The van der Waals surface area contributed by atoms with Crippen LogP contribution in [0.4, 0.5) is 0 Å². The first-order chi connectivity index (χ1) is 14.4. The second kappa shape index (κ2) is 7.10. The maximum Gasteiger partial charge on any atom is 0.312 e. The van der Waals surface area contributed by atoms with Crippen molar-refractivity contribution in [1.82, 2.24) is 0 Å². The van der Waals surface area contributed by atoms with E-state index in [1.54, 1.807) is 0 Å². The van der Waals surface area contributed by atoms with E-state index in [-0.39, 0.29) is 28.9 Å². The maximum atomic E-state index is 13.4. The van der Waals surface area contributed by atoms with E-state index in [9.17, 15) is 9.59 Å². The first-order valence-corrected chi connectivity index (χ1v) is 11.8. The molecule has 1 aromatic rings. The number of rotatable bonds is 3. The van der Waals surface area contributed by atoms with Crippen LogP contribution in [0.3, 0.4) is 0 Å². The van der Waals surface area contributed by atoms with E-state index in [4.69, 9.17) is 9.47 Å². The molecule has 0 amide bonds. The van der Waals surface area contributed by atoms with E-state index in [2.05, 4.69) is 13.8 Å². The first-order valence-electron chi connectivity index (χ1n) is 11.8. The van der Waals surface area contributed by atoms with Crippen molar-refractivity contribution in [3.63, 3.8) is 0 Å². The van der Waals surface area contributed by atoms with Gasteiger partial charge < -0.3 is 9.47 Å². The molecule has 162 valence electrons. The van der Waals surface area contributed by atoms with Crippen molar-refractivity contribution in [2.75, 3.05) is 0 Å². The Morgan fingerprint density at radius 3 is 2.67 bits per heavy atom. The monoisotopic (exact) mass is 410 g/mol. The first kappa shape index (κ1) is 20.1. The summed E-state index contributed by atoms with van der Waals surface area (Å²) in [6.07, 6.45) is 9.02. The van der Waals surface area contributed by atoms with Gasteiger partial charge in [-0.05, 0) is 80.1 Å². The lowest BCUT2D eigenvalue weighted by Crippen LogP contribution is -2.61. The van der Waals surface area contributed by atoms with E-state index in [1.165, 1.54) is 0 Å². The summed E-state index contributed by atoms with van der Waals surface area (Å²) in [5.74, 6) is 0.801. The van der Waals surface area contributed by atoms with Crippen LogP contribution in [0.2, 0.25) is 0 Å². The Balaban J connectivity index is 1.39. The maximum absolute atomic E-state index is 13.4. The summed E-state index contributed by atoms with van der Waals surface area (Å²) in [5.41, 5.74) is 0.791. The predicted molar refractivity (Wildman–Crippen MR) is 113 cm³/mol. The summed E-state index contributed by atoms with van der Waals surface area (Å²) in [6.45, 7) is 4.92. The highest BCUT2D eigenvalue weighted by molar-refractivity contribution is 5.77. The molecule has 4 nitrogen and oxygen atoms in total. The Morgan fingerprint density at radius 2 is 1.87 bits per heavy atom. The summed E-state index contributed by atoms with van der Waals surface area (Å²) in [6, 6.07) is 9.95. The second-order valence-electron chi connectivity index (χ2n) is 10.9. The topological polar surface area (TPSA) is 52.6 Å². The minimum atomic E-state index is -0.435. The number of carbonyl (C=O) groups is 2. The molecule has 0 aromatic heterocycles. The molecular weight excluding hydrogens is 376 g/mol. The van der Waals surface area contributed by atoms with Crippen molar-refractivity contribution in [3.8, 4) is 0 Å². The minimum Gasteiger partial charge on any atom is -0.462 e. The number of ether oxygens (including phenoxy) is 2. The highest BCUT2D eigenvalue weighted by Crippen LogP contribution is 2.69. The van der Waals surface area contributed by atoms with E-state index >= 15 is 0 Å². The molecule has 30 heavy (non-hydrogen) atoms. The molecule has 6 atom stereocenters. The van der Waals surface area contributed by atoms with Crippen LogP contribution in [0.5, 0.6) is 0 Å². The molecular formula is C26H34O4. The largest absolute Gasteiger partial charge is 0.462 e. The quantitative estimate of drug-likeness (QED) is 0.623. The number of benzene rings is 1. The molecule has 5 rings (SSSR count). The van der Waals surface area contributed by atoms with Gasteiger partial charge in [0.05, 0.1) is 11.8 Å². The summed E-state index contributed by atoms with van der Waals surface area (Å²) in [4.78, 5) is 25.8. The number of carbonyl (C=O) groups excluding carboxylic acids is 2. The zero-order valence-corrected chi connectivity index (χ0v) is 18.3. The van der Waals surface area contributed by atoms with Crippen molar-refractivity contribution >= 4 is 11.9 Å². The zero-order chi connectivity index (χ0) is 21.0. The van der Waals surface area contributed by atoms with Gasteiger partial charge in [-0.3, -0.25) is 9.59 Å². The van der Waals surface area contributed by atoms with Gasteiger partial charge in [0.25, 0.3) is 0 Å². The highest BCUT2D eigenvalue weighted by atomic mass is 16.5. The Kier molecular flexibility index (Phi) is 4.75. The van der Waals surface area contributed by atoms with Gasteiger partial charge in [0.1, 0.15) is 12.7 Å². The molecule has 1 heterocycles. The van der Waals surface area contributed by atoms with Crippen LogP contribution in [0, 0.1) is 28.1 Å². The van der Waals surface area contributed by atoms with E-state index in [0.717, 1.165) is 56.9 Å². The normalized spacial score (nSPS) is 42.5. The lowest BCUT2D eigenvalue weighted by Gasteiger charge is -2.65. The van der Waals surface area contributed by atoms with E-state index in [1.807, 2.05) is 30.3 Å². The molecule has 1 spiro atoms. The second-order valence-corrected chi connectivity index (χ2v) is 10.9. The zero-order valence-electron chi connectivity index (χ0n) is 18.3. The third-order valence-corrected chi connectivity index (χ3v) is 9.33. The SMILES string of the molecule is C[C@@]12CCC[C@@](C)(C(=O)OCc3ccccc3)[C@H]1CC[C@]13CC(=O)O[C@H](CC[C@H]12)C3. The third kappa shape index (κ3) is 3.01. The van der Waals surface area contributed by atoms with Gasteiger partial charge >= 0.3 is 11.9 Å². The average Bonchev–Trinajstić information content (AvgIpc) is 2.71. The number of hydrogen-bond acceptors (Lipinski definition) is 4. The van der Waals surface area contributed by atoms with Gasteiger partial charge in [-0.25, -0.2) is 0 Å². The fourth-order valence-corrected chi connectivity index (χ4v) is 8.10. The van der Waals surface area contributed by atoms with Gasteiger partial charge in [0.15, 0.2) is 0 Å². The Labute approximate surface area is 179 Å². The molecule has 4 aliphatic rings. The molecule has 2 bridgehead atoms. The molecule has 3 saturated carbocycles. The van der Waals surface area contributed by atoms with Crippen LogP contribution in [0.1, 0.15) is 77.2 Å². The molecule has 0 N–H and O–H groups in total. The van der Waals surface area contributed by atoms with Crippen molar-refractivity contribution in [1.29, 1.82) is 0 Å². The molecule has 1 aromatic carbocycles. The lowest BCUT2D eigenvalue weighted by molar-refractivity contribution is -0.214. The van der Waals surface area contributed by atoms with Gasteiger partial charge in [0.2, 0.25) is 0 Å². The molecule has 0 radical (unpaired) electrons. The van der Waals surface area contributed by atoms with Crippen molar-refractivity contribution in [2.45, 2.75) is 84.3 Å². The van der Waals surface area contributed by atoms with Crippen LogP contribution in [-0.2, 0) is 25.7 Å². The number of fused-ring (bicyclic) bond motifs is 3. The Bertz CT molecular complexity index is 835. The van der Waals surface area contributed by atoms with Crippen LogP contribution < -0.4 is 0 Å². The van der Waals surface area contributed by atoms with Crippen molar-refractivity contribution in [2.24, 2.45) is 28.1 Å². The fourth-order valence-electron chi connectivity index (χ4n) is 8.10. The van der Waals surface area contributed by atoms with Crippen LogP contribution in [0.15, 0.2) is 30.3 Å². The molecule has 1 saturated heterocycles. The molecule has 0 unspecified atom stereocenters. The molecule has 4 heteroatoms. The van der Waals surface area contributed by atoms with Crippen molar-refractivity contribution < 1.29 is 19.1 Å². The van der Waals surface area contributed by atoms with Crippen molar-refractivity contribution in [3.05, 3.63) is 35.9 Å². The van der Waals surface area contributed by atoms with E-state index < -0.39 is 5.41 Å². The highest BCUT2D eigenvalue weighted by Gasteiger charge is 2.65. The molecule has 4 fully saturated rings. The average molecular weight is 411 g/mol. The van der Waals surface area contributed by atoms with Gasteiger partial charge in [-0.15, -0.1) is 0 Å². The number of esters is 2. The summed E-state index contributed by atoms with van der Waals surface area (Å²) in [7, 11) is 0. The van der Waals surface area contributed by atoms with E-state index in [0.29, 0.717) is 24.9 Å². The smallest absolute Gasteiger partial charge is 0.312 e. The van der Waals surface area contributed by atoms with Gasteiger partial charge in [0, 0.05) is 0 Å². The Morgan fingerprint density at radius 1 is 1.07 bits per heavy atom. The number of hydrogen-bond donors (Lipinski definition) is 0. The standard InChI is InChI=1S/C26H34O4/c1-24-12-6-13-25(2,23(28)29-17-18-7-4-3-5-8-18)20(24)11-14-26-15-19(9-10-21(24)26)30-22(27)16-26/h3-5,7-8,19-21H,6,9-17H2,1-2H3/t19-,20+,21+,24-,25-,26+/m1/s1. The van der Waals surface area contributed by atoms with Gasteiger partial charge in [-0.2, -0.15) is 0 Å². The Hall–Kier alpha value is -1.84. The van der Waals surface area contributed by atoms with Gasteiger partial charge in [-0.1, -0.05) is 43.7 Å². The third-order valence-electron chi connectivity index (χ3n) is 9.33. The molecule has 3 aliphatic carbocycles. The summed E-state index contributed by atoms with van der Waals surface area (Å²) in [5, 5.41) is 0. The predicted octanol–water partition coefficient (Wildman–Crippen LogP) is 5.44. The van der Waals surface area contributed by atoms with Crippen LogP contribution in [0.25, 0.3) is 0 Å². The van der Waals surface area contributed by atoms with Crippen LogP contribution >= 0.6 is 0 Å².